The van der Waals surface area contributed by atoms with E-state index in [0.717, 1.165) is 18.4 Å². The van der Waals surface area contributed by atoms with Crippen molar-refractivity contribution in [1.82, 2.24) is 4.90 Å². The fourth-order valence-corrected chi connectivity index (χ4v) is 1.46. The quantitative estimate of drug-likeness (QED) is 0.390. The topological polar surface area (TPSA) is 89.3 Å². The fraction of sp³-hybridized carbons (Fsp3) is 0.500. The largest absolute Gasteiger partial charge is 0.370 e. The van der Waals surface area contributed by atoms with E-state index >= 15 is 0 Å². The molecule has 0 fully saturated rings. The predicted molar refractivity (Wildman–Crippen MR) is 83.2 cm³/mol. The molecule has 0 saturated carbocycles. The van der Waals surface area contributed by atoms with Crippen LogP contribution in [0.4, 0.5) is 0 Å². The summed E-state index contributed by atoms with van der Waals surface area (Å²) in [5, 5.41) is 15.8. The molecule has 0 rings (SSSR count). The molecule has 19 heavy (non-hydrogen) atoms. The van der Waals surface area contributed by atoms with Crippen LogP contribution in [0.25, 0.3) is 0 Å². The number of hydrogen-bond donors (Lipinski definition) is 3. The van der Waals surface area contributed by atoms with Crippen LogP contribution in [0.15, 0.2) is 29.3 Å². The van der Waals surface area contributed by atoms with Crippen LogP contribution in [0.3, 0.4) is 0 Å². The number of nitrogens with two attached hydrogens (primary N) is 1. The van der Waals surface area contributed by atoms with E-state index in [0.29, 0.717) is 5.71 Å². The van der Waals surface area contributed by atoms with Crippen molar-refractivity contribution in [3.63, 3.8) is 0 Å². The van der Waals surface area contributed by atoms with Crippen molar-refractivity contribution in [1.29, 1.82) is 10.8 Å². The van der Waals surface area contributed by atoms with Gasteiger partial charge >= 0.3 is 0 Å². The first-order valence-electron chi connectivity index (χ1n) is 6.43. The number of nitrogens with one attached hydrogen (secondary N) is 2. The van der Waals surface area contributed by atoms with Crippen molar-refractivity contribution in [2.75, 3.05) is 7.05 Å². The first kappa shape index (κ1) is 17.1. The number of hydrogen-bond acceptors (Lipinski definition) is 3. The molecule has 1 atom stereocenters. The van der Waals surface area contributed by atoms with Crippen LogP contribution in [0.1, 0.15) is 33.6 Å². The van der Waals surface area contributed by atoms with Gasteiger partial charge < -0.3 is 5.73 Å². The Hall–Kier alpha value is -1.91. The lowest BCUT2D eigenvalue weighted by molar-refractivity contribution is 0.448. The van der Waals surface area contributed by atoms with E-state index in [2.05, 4.69) is 11.6 Å². The Kier molecular flexibility index (Phi) is 7.41. The Balaban J connectivity index is 5.16. The molecule has 0 bridgehead atoms. The van der Waals surface area contributed by atoms with Gasteiger partial charge in [0.1, 0.15) is 0 Å². The van der Waals surface area contributed by atoms with Crippen LogP contribution in [0.5, 0.6) is 0 Å². The van der Waals surface area contributed by atoms with Gasteiger partial charge in [-0.05, 0) is 25.8 Å². The zero-order valence-corrected chi connectivity index (χ0v) is 12.3. The lowest BCUT2D eigenvalue weighted by Gasteiger charge is -2.28. The van der Waals surface area contributed by atoms with E-state index < -0.39 is 0 Å². The average Bonchev–Trinajstić information content (AvgIpc) is 2.38. The minimum Gasteiger partial charge on any atom is -0.370 e. The van der Waals surface area contributed by atoms with Gasteiger partial charge in [0.25, 0.3) is 0 Å². The smallest absolute Gasteiger partial charge is 0.194 e. The standard InChI is InChI=1S/C14H25N5/c1-6-10(3)8-9-12(18-5)13(15)19(14(16)17)11(4)7-2/h8-9,11,15H,3,6-7H2,1-2,4-5H3,(H3,16,17). The molecule has 4 N–H and O–H groups in total. The molecule has 0 spiro atoms. The van der Waals surface area contributed by atoms with E-state index in [4.69, 9.17) is 16.6 Å². The molecule has 0 radical (unpaired) electrons. The normalized spacial score (nSPS) is 13.4. The highest BCUT2D eigenvalue weighted by atomic mass is 15.3. The summed E-state index contributed by atoms with van der Waals surface area (Å²) >= 11 is 0. The van der Waals surface area contributed by atoms with Crippen LogP contribution in [-0.2, 0) is 0 Å². The number of rotatable bonds is 6. The summed E-state index contributed by atoms with van der Waals surface area (Å²) in [5.74, 6) is 0.00715. The van der Waals surface area contributed by atoms with E-state index in [9.17, 15) is 0 Å². The van der Waals surface area contributed by atoms with Crippen molar-refractivity contribution in [2.24, 2.45) is 10.7 Å². The van der Waals surface area contributed by atoms with Crippen LogP contribution in [0.2, 0.25) is 0 Å². The summed E-state index contributed by atoms with van der Waals surface area (Å²) in [6.07, 6.45) is 5.23. The van der Waals surface area contributed by atoms with Crippen LogP contribution in [0, 0.1) is 10.8 Å². The van der Waals surface area contributed by atoms with Gasteiger partial charge in [-0.15, -0.1) is 0 Å². The molecule has 0 aliphatic carbocycles. The maximum absolute atomic E-state index is 8.16. The Labute approximate surface area is 115 Å². The Bertz CT molecular complexity index is 406. The van der Waals surface area contributed by atoms with Crippen LogP contribution in [-0.4, -0.2) is 35.5 Å². The van der Waals surface area contributed by atoms with Gasteiger partial charge in [-0.25, -0.2) is 0 Å². The number of aliphatic imine (C=N–C) groups is 1. The van der Waals surface area contributed by atoms with Gasteiger partial charge in [0.2, 0.25) is 0 Å². The zero-order chi connectivity index (χ0) is 15.0. The molecular formula is C14H25N5. The SMILES string of the molecule is C=C(C=CC(=NC)C(=N)N(C(=N)N)C(C)CC)CC. The van der Waals surface area contributed by atoms with Gasteiger partial charge in [-0.2, -0.15) is 0 Å². The maximum atomic E-state index is 8.16. The third-order valence-corrected chi connectivity index (χ3v) is 2.95. The van der Waals surface area contributed by atoms with Crippen molar-refractivity contribution < 1.29 is 0 Å². The lowest BCUT2D eigenvalue weighted by atomic mass is 10.1. The molecule has 0 aliphatic heterocycles. The molecule has 0 aliphatic rings. The second-order valence-electron chi connectivity index (χ2n) is 4.32. The molecular weight excluding hydrogens is 238 g/mol. The number of guanidine groups is 1. The molecule has 0 aromatic carbocycles. The molecule has 0 aromatic heterocycles. The first-order valence-corrected chi connectivity index (χ1v) is 6.43. The highest BCUT2D eigenvalue weighted by Gasteiger charge is 2.21. The highest BCUT2D eigenvalue weighted by molar-refractivity contribution is 6.46. The van der Waals surface area contributed by atoms with Gasteiger partial charge in [-0.3, -0.25) is 20.7 Å². The molecule has 106 valence electrons. The summed E-state index contributed by atoms with van der Waals surface area (Å²) in [5.41, 5.74) is 7.02. The monoisotopic (exact) mass is 263 g/mol. The Morgan fingerprint density at radius 3 is 2.32 bits per heavy atom. The third kappa shape index (κ3) is 5.07. The van der Waals surface area contributed by atoms with E-state index in [1.165, 1.54) is 4.90 Å². The van der Waals surface area contributed by atoms with E-state index in [-0.39, 0.29) is 17.8 Å². The molecule has 5 nitrogen and oxygen atoms in total. The second-order valence-corrected chi connectivity index (χ2v) is 4.32. The van der Waals surface area contributed by atoms with Crippen LogP contribution < -0.4 is 5.73 Å². The summed E-state index contributed by atoms with van der Waals surface area (Å²) < 4.78 is 0. The van der Waals surface area contributed by atoms with Gasteiger partial charge in [-0.1, -0.05) is 32.1 Å². The molecule has 5 heteroatoms. The minimum atomic E-state index is -0.136. The number of amidine groups is 1. The van der Waals surface area contributed by atoms with Gasteiger partial charge in [0.15, 0.2) is 11.8 Å². The van der Waals surface area contributed by atoms with Gasteiger partial charge in [0, 0.05) is 13.1 Å². The Morgan fingerprint density at radius 2 is 1.95 bits per heavy atom. The molecule has 0 aromatic rings. The van der Waals surface area contributed by atoms with Crippen molar-refractivity contribution in [3.8, 4) is 0 Å². The lowest BCUT2D eigenvalue weighted by Crippen LogP contribution is -2.48. The molecule has 0 amide bonds. The zero-order valence-electron chi connectivity index (χ0n) is 12.3. The fourth-order valence-electron chi connectivity index (χ4n) is 1.46. The van der Waals surface area contributed by atoms with Crippen molar-refractivity contribution in [3.05, 3.63) is 24.3 Å². The number of nitrogens with zero attached hydrogens (tertiary/aromatic N) is 2. The van der Waals surface area contributed by atoms with E-state index in [1.807, 2.05) is 26.8 Å². The summed E-state index contributed by atoms with van der Waals surface area (Å²) in [7, 11) is 1.62. The van der Waals surface area contributed by atoms with Gasteiger partial charge in [0.05, 0.1) is 5.71 Å². The van der Waals surface area contributed by atoms with Crippen molar-refractivity contribution in [2.45, 2.75) is 39.7 Å². The molecule has 1 unspecified atom stereocenters. The molecule has 0 heterocycles. The van der Waals surface area contributed by atoms with E-state index in [1.54, 1.807) is 13.1 Å². The highest BCUT2D eigenvalue weighted by Crippen LogP contribution is 2.06. The summed E-state index contributed by atoms with van der Waals surface area (Å²) in [6.45, 7) is 9.81. The maximum Gasteiger partial charge on any atom is 0.194 e. The molecule has 0 saturated heterocycles. The van der Waals surface area contributed by atoms with Crippen molar-refractivity contribution >= 4 is 17.5 Å². The summed E-state index contributed by atoms with van der Waals surface area (Å²) in [4.78, 5) is 5.56. The van der Waals surface area contributed by atoms with Crippen LogP contribution >= 0.6 is 0 Å². The predicted octanol–water partition coefficient (Wildman–Crippen LogP) is 2.55. The third-order valence-electron chi connectivity index (χ3n) is 2.95. The first-order chi connectivity index (χ1) is 8.88. The minimum absolute atomic E-state index is 0.00970. The summed E-state index contributed by atoms with van der Waals surface area (Å²) in [6, 6.07) is -0.00970. The average molecular weight is 263 g/mol. The Morgan fingerprint density at radius 1 is 1.37 bits per heavy atom. The number of allylic oxidation sites excluding steroid dienone is 2. The second kappa shape index (κ2) is 8.24.